The maximum Gasteiger partial charge on any atom is 0.255 e. The zero-order valence-electron chi connectivity index (χ0n) is 15.9. The second-order valence-corrected chi connectivity index (χ2v) is 7.97. The maximum absolute atomic E-state index is 12.6. The molecule has 0 aromatic heterocycles. The molecule has 0 spiro atoms. The number of terminal acetylenes is 1. The van der Waals surface area contributed by atoms with Gasteiger partial charge in [-0.2, -0.15) is 4.72 Å². The Morgan fingerprint density at radius 3 is 2.33 bits per heavy atom. The highest BCUT2D eigenvalue weighted by Crippen LogP contribution is 2.15. The second-order valence-electron chi connectivity index (χ2n) is 6.21. The molecule has 148 valence electrons. The zero-order valence-corrected chi connectivity index (χ0v) is 16.7. The molecule has 5 nitrogen and oxygen atoms in total. The van der Waals surface area contributed by atoms with Crippen LogP contribution in [0.25, 0.3) is 0 Å². The highest BCUT2D eigenvalue weighted by atomic mass is 32.2. The van der Waals surface area contributed by atoms with E-state index in [0.717, 1.165) is 11.1 Å². The highest BCUT2D eigenvalue weighted by molar-refractivity contribution is 7.89. The van der Waals surface area contributed by atoms with Crippen molar-refractivity contribution in [1.82, 2.24) is 4.72 Å². The molecule has 0 heterocycles. The minimum absolute atomic E-state index is 0.0344. The number of rotatable bonds is 5. The normalized spacial score (nSPS) is 10.4. The largest absolute Gasteiger partial charge is 0.322 e. The van der Waals surface area contributed by atoms with Gasteiger partial charge in [0.25, 0.3) is 5.91 Å². The first-order valence-electron chi connectivity index (χ1n) is 8.99. The molecule has 0 fully saturated rings. The monoisotopic (exact) mass is 414 g/mol. The summed E-state index contributed by atoms with van der Waals surface area (Å²) >= 11 is 0. The molecule has 0 aliphatic rings. The van der Waals surface area contributed by atoms with Crippen LogP contribution in [0.15, 0.2) is 83.8 Å². The second kappa shape index (κ2) is 9.58. The minimum atomic E-state index is -3.78. The van der Waals surface area contributed by atoms with Gasteiger partial charge in [0.15, 0.2) is 0 Å². The molecule has 0 aliphatic carbocycles. The summed E-state index contributed by atoms with van der Waals surface area (Å²) in [6.07, 6.45) is 5.09. The molecule has 3 aromatic carbocycles. The summed E-state index contributed by atoms with van der Waals surface area (Å²) in [6, 6.07) is 22.4. The van der Waals surface area contributed by atoms with Gasteiger partial charge in [-0.05, 0) is 48.5 Å². The highest BCUT2D eigenvalue weighted by Gasteiger charge is 2.15. The predicted molar refractivity (Wildman–Crippen MR) is 117 cm³/mol. The van der Waals surface area contributed by atoms with Gasteiger partial charge in [-0.25, -0.2) is 8.42 Å². The molecular weight excluding hydrogens is 396 g/mol. The average molecular weight is 414 g/mol. The number of anilines is 1. The first-order valence-corrected chi connectivity index (χ1v) is 10.5. The Kier molecular flexibility index (Phi) is 6.67. The van der Waals surface area contributed by atoms with Crippen molar-refractivity contribution >= 4 is 21.6 Å². The molecule has 6 heteroatoms. The first-order chi connectivity index (χ1) is 14.5. The fourth-order valence-electron chi connectivity index (χ4n) is 2.57. The van der Waals surface area contributed by atoms with Crippen LogP contribution in [-0.4, -0.2) is 20.9 Å². The van der Waals surface area contributed by atoms with Crippen molar-refractivity contribution in [2.75, 3.05) is 11.9 Å². The Bertz CT molecular complexity index is 1260. The lowest BCUT2D eigenvalue weighted by Crippen LogP contribution is -2.24. The van der Waals surface area contributed by atoms with E-state index in [9.17, 15) is 13.2 Å². The Labute approximate surface area is 176 Å². The number of carbonyl (C=O) groups excluding carboxylic acids is 1. The van der Waals surface area contributed by atoms with Gasteiger partial charge in [0, 0.05) is 22.4 Å². The third kappa shape index (κ3) is 5.59. The van der Waals surface area contributed by atoms with Gasteiger partial charge in [0.05, 0.1) is 11.4 Å². The van der Waals surface area contributed by atoms with Crippen molar-refractivity contribution in [2.24, 2.45) is 0 Å². The number of sulfonamides is 1. The number of amides is 1. The Balaban J connectivity index is 1.76. The number of hydrogen-bond acceptors (Lipinski definition) is 3. The summed E-state index contributed by atoms with van der Waals surface area (Å²) in [5, 5.41) is 2.76. The number of benzene rings is 3. The lowest BCUT2D eigenvalue weighted by Gasteiger charge is -2.08. The van der Waals surface area contributed by atoms with Crippen LogP contribution in [-0.2, 0) is 10.0 Å². The van der Waals surface area contributed by atoms with Gasteiger partial charge in [0.2, 0.25) is 10.0 Å². The van der Waals surface area contributed by atoms with Gasteiger partial charge in [0.1, 0.15) is 0 Å². The standard InChI is InChI=1S/C24H18N2O3S/c1-2-16-25-30(28,29)23-13-7-11-21(18-23)24(27)26-22-12-6-10-20(17-22)15-14-19-8-4-3-5-9-19/h1,3-13,17-18,25H,16H2,(H,26,27). The molecule has 0 bridgehead atoms. The average Bonchev–Trinajstić information content (AvgIpc) is 2.77. The summed E-state index contributed by atoms with van der Waals surface area (Å²) in [7, 11) is -3.78. The van der Waals surface area contributed by atoms with Crippen molar-refractivity contribution in [1.29, 1.82) is 0 Å². The Morgan fingerprint density at radius 2 is 1.57 bits per heavy atom. The van der Waals surface area contributed by atoms with Crippen molar-refractivity contribution < 1.29 is 13.2 Å². The van der Waals surface area contributed by atoms with Crippen LogP contribution in [0.2, 0.25) is 0 Å². The van der Waals surface area contributed by atoms with Crippen LogP contribution in [0, 0.1) is 24.2 Å². The fraction of sp³-hybridized carbons (Fsp3) is 0.0417. The molecule has 0 aliphatic heterocycles. The topological polar surface area (TPSA) is 75.3 Å². The van der Waals surface area contributed by atoms with E-state index in [-0.39, 0.29) is 17.0 Å². The van der Waals surface area contributed by atoms with Crippen LogP contribution in [0.5, 0.6) is 0 Å². The molecule has 3 aromatic rings. The zero-order chi connectivity index (χ0) is 21.4. The van der Waals surface area contributed by atoms with Gasteiger partial charge in [-0.15, -0.1) is 6.42 Å². The molecule has 0 saturated heterocycles. The predicted octanol–water partition coefficient (Wildman–Crippen LogP) is 3.25. The fourth-order valence-corrected chi connectivity index (χ4v) is 3.55. The quantitative estimate of drug-likeness (QED) is 0.630. The third-order valence-electron chi connectivity index (χ3n) is 4.02. The van der Waals surface area contributed by atoms with E-state index in [1.165, 1.54) is 24.3 Å². The third-order valence-corrected chi connectivity index (χ3v) is 5.42. The van der Waals surface area contributed by atoms with Crippen LogP contribution in [0.4, 0.5) is 5.69 Å². The molecular formula is C24H18N2O3S. The Morgan fingerprint density at radius 1 is 0.867 bits per heavy atom. The number of carbonyl (C=O) groups is 1. The minimum Gasteiger partial charge on any atom is -0.322 e. The molecule has 2 N–H and O–H groups in total. The van der Waals surface area contributed by atoms with Crippen LogP contribution in [0.1, 0.15) is 21.5 Å². The van der Waals surface area contributed by atoms with E-state index < -0.39 is 15.9 Å². The maximum atomic E-state index is 12.6. The van der Waals surface area contributed by atoms with Crippen molar-refractivity contribution in [2.45, 2.75) is 4.90 Å². The van der Waals surface area contributed by atoms with Gasteiger partial charge < -0.3 is 5.32 Å². The lowest BCUT2D eigenvalue weighted by molar-refractivity contribution is 0.102. The van der Waals surface area contributed by atoms with E-state index >= 15 is 0 Å². The molecule has 30 heavy (non-hydrogen) atoms. The van der Waals surface area contributed by atoms with E-state index in [2.05, 4.69) is 27.8 Å². The molecule has 0 saturated carbocycles. The van der Waals surface area contributed by atoms with E-state index in [0.29, 0.717) is 5.69 Å². The van der Waals surface area contributed by atoms with E-state index in [1.807, 2.05) is 36.4 Å². The summed E-state index contributed by atoms with van der Waals surface area (Å²) in [6.45, 7) is -0.129. The number of hydrogen-bond donors (Lipinski definition) is 2. The van der Waals surface area contributed by atoms with Crippen molar-refractivity contribution in [3.8, 4) is 24.2 Å². The molecule has 0 unspecified atom stereocenters. The number of nitrogens with one attached hydrogen (secondary N) is 2. The van der Waals surface area contributed by atoms with Gasteiger partial charge in [-0.3, -0.25) is 4.79 Å². The Hall–Kier alpha value is -3.84. The van der Waals surface area contributed by atoms with Crippen LogP contribution in [0.3, 0.4) is 0 Å². The first kappa shape index (κ1) is 20.9. The summed E-state index contributed by atoms with van der Waals surface area (Å²) in [4.78, 5) is 12.6. The van der Waals surface area contributed by atoms with Gasteiger partial charge >= 0.3 is 0 Å². The molecule has 0 radical (unpaired) electrons. The SMILES string of the molecule is C#CCNS(=O)(=O)c1cccc(C(=O)Nc2cccc(C#Cc3ccccc3)c2)c1. The summed E-state index contributed by atoms with van der Waals surface area (Å²) in [5.41, 5.74) is 2.40. The van der Waals surface area contributed by atoms with Crippen LogP contribution < -0.4 is 10.0 Å². The molecule has 0 atom stereocenters. The van der Waals surface area contributed by atoms with E-state index in [1.54, 1.807) is 18.2 Å². The molecule has 3 rings (SSSR count). The smallest absolute Gasteiger partial charge is 0.255 e. The molecule has 1 amide bonds. The van der Waals surface area contributed by atoms with Crippen molar-refractivity contribution in [3.63, 3.8) is 0 Å². The van der Waals surface area contributed by atoms with E-state index in [4.69, 9.17) is 6.42 Å². The van der Waals surface area contributed by atoms with Crippen molar-refractivity contribution in [3.05, 3.63) is 95.6 Å². The summed E-state index contributed by atoms with van der Waals surface area (Å²) in [5.74, 6) is 7.90. The van der Waals surface area contributed by atoms with Crippen LogP contribution >= 0.6 is 0 Å². The van der Waals surface area contributed by atoms with Gasteiger partial charge in [-0.1, -0.05) is 48.1 Å². The summed E-state index contributed by atoms with van der Waals surface area (Å²) < 4.78 is 26.7. The lowest BCUT2D eigenvalue weighted by atomic mass is 10.1.